The predicted octanol–water partition coefficient (Wildman–Crippen LogP) is 3.96. The molecule has 0 radical (unpaired) electrons. The quantitative estimate of drug-likeness (QED) is 0.583. The minimum atomic E-state index is -1.25. The van der Waals surface area contributed by atoms with Crippen molar-refractivity contribution in [3.63, 3.8) is 0 Å². The van der Waals surface area contributed by atoms with E-state index in [1.165, 1.54) is 12.3 Å². The van der Waals surface area contributed by atoms with Crippen LogP contribution in [0.4, 0.5) is 0 Å². The van der Waals surface area contributed by atoms with Crippen LogP contribution in [0.5, 0.6) is 11.5 Å². The van der Waals surface area contributed by atoms with Crippen molar-refractivity contribution in [2.75, 3.05) is 13.2 Å². The molecule has 1 spiro atoms. The van der Waals surface area contributed by atoms with E-state index in [2.05, 4.69) is 18.8 Å². The van der Waals surface area contributed by atoms with E-state index in [1.807, 2.05) is 4.57 Å². The van der Waals surface area contributed by atoms with Crippen LogP contribution in [0.25, 0.3) is 11.4 Å². The third-order valence-electron chi connectivity index (χ3n) is 5.65. The number of carbonyl (C=O) groups is 1. The van der Waals surface area contributed by atoms with E-state index < -0.39 is 16.9 Å². The number of carboxylic acids is 1. The molecule has 0 aromatic carbocycles. The highest BCUT2D eigenvalue weighted by Crippen LogP contribution is 2.49. The third kappa shape index (κ3) is 3.37. The molecule has 0 amide bonds. The number of unbranched alkanes of at least 4 members (excludes halogenated alkanes) is 1. The van der Waals surface area contributed by atoms with Crippen LogP contribution in [0.15, 0.2) is 23.1 Å². The number of fused-ring (bicyclic) bond motifs is 4. The summed E-state index contributed by atoms with van der Waals surface area (Å²) < 4.78 is 13.7. The maximum atomic E-state index is 12.4. The van der Waals surface area contributed by atoms with E-state index in [1.54, 1.807) is 6.07 Å². The van der Waals surface area contributed by atoms with Gasteiger partial charge in [-0.15, -0.1) is 0 Å². The molecule has 4 rings (SSSR count). The highest BCUT2D eigenvalue weighted by atomic mass is 35.5. The molecule has 29 heavy (non-hydrogen) atoms. The number of nitrogens with zero attached hydrogens (tertiary/aromatic N) is 2. The molecule has 1 N–H and O–H groups in total. The molecular formula is C21H23ClN2O5. The normalized spacial score (nSPS) is 22.1. The fourth-order valence-electron chi connectivity index (χ4n) is 4.28. The first-order chi connectivity index (χ1) is 13.8. The average molecular weight is 419 g/mol. The molecule has 3 heterocycles. The summed E-state index contributed by atoms with van der Waals surface area (Å²) in [4.78, 5) is 28.4. The van der Waals surface area contributed by atoms with Gasteiger partial charge in [0.05, 0.1) is 17.8 Å². The Bertz CT molecular complexity index is 1030. The molecule has 8 heteroatoms. The average Bonchev–Trinajstić information content (AvgIpc) is 2.77. The van der Waals surface area contributed by atoms with Gasteiger partial charge in [0.25, 0.3) is 0 Å². The molecule has 0 atom stereocenters. The van der Waals surface area contributed by atoms with Crippen molar-refractivity contribution in [3.8, 4) is 22.9 Å². The summed E-state index contributed by atoms with van der Waals surface area (Å²) >= 11 is 6.35. The zero-order valence-corrected chi connectivity index (χ0v) is 17.2. The van der Waals surface area contributed by atoms with Crippen LogP contribution in [0.3, 0.4) is 0 Å². The molecule has 1 saturated carbocycles. The second-order valence-corrected chi connectivity index (χ2v) is 8.32. The van der Waals surface area contributed by atoms with Crippen molar-refractivity contribution in [1.82, 2.24) is 9.55 Å². The van der Waals surface area contributed by atoms with Crippen LogP contribution in [0, 0.1) is 5.92 Å². The lowest BCUT2D eigenvalue weighted by molar-refractivity contribution is 0.0283. The molecule has 2 aromatic rings. The summed E-state index contributed by atoms with van der Waals surface area (Å²) in [6, 6.07) is 3.03. The zero-order chi connectivity index (χ0) is 20.8. The largest absolute Gasteiger partial charge is 0.490 e. The number of aromatic nitrogens is 2. The molecule has 2 aliphatic rings. The Morgan fingerprint density at radius 1 is 1.45 bits per heavy atom. The summed E-state index contributed by atoms with van der Waals surface area (Å²) in [5.41, 5.74) is -0.310. The van der Waals surface area contributed by atoms with Crippen LogP contribution >= 0.6 is 11.6 Å². The number of carboxylic acid groups (broad SMARTS) is 1. The molecule has 1 aliphatic carbocycles. The van der Waals surface area contributed by atoms with Gasteiger partial charge in [-0.3, -0.25) is 4.79 Å². The second-order valence-electron chi connectivity index (χ2n) is 7.96. The van der Waals surface area contributed by atoms with Crippen LogP contribution in [0.2, 0.25) is 5.15 Å². The van der Waals surface area contributed by atoms with Crippen molar-refractivity contribution in [1.29, 1.82) is 0 Å². The number of aromatic carboxylic acids is 1. The number of rotatable bonds is 5. The Labute approximate surface area is 173 Å². The van der Waals surface area contributed by atoms with E-state index in [4.69, 9.17) is 21.1 Å². The molecule has 1 aliphatic heterocycles. The minimum absolute atomic E-state index is 0.183. The zero-order valence-electron chi connectivity index (χ0n) is 16.4. The summed E-state index contributed by atoms with van der Waals surface area (Å²) in [5, 5.41) is 9.61. The van der Waals surface area contributed by atoms with Crippen molar-refractivity contribution >= 4 is 17.6 Å². The topological polar surface area (TPSA) is 90.6 Å². The van der Waals surface area contributed by atoms with Crippen molar-refractivity contribution < 1.29 is 19.4 Å². The fourth-order valence-corrected chi connectivity index (χ4v) is 4.47. The highest BCUT2D eigenvalue weighted by molar-refractivity contribution is 6.31. The lowest BCUT2D eigenvalue weighted by Crippen LogP contribution is -2.50. The number of ether oxygens (including phenoxy) is 2. The Hall–Kier alpha value is -2.54. The van der Waals surface area contributed by atoms with Crippen molar-refractivity contribution in [2.45, 2.75) is 45.1 Å². The van der Waals surface area contributed by atoms with Crippen LogP contribution < -0.4 is 14.9 Å². The summed E-state index contributed by atoms with van der Waals surface area (Å²) in [7, 11) is 0. The Balaban J connectivity index is 1.86. The molecule has 1 fully saturated rings. The van der Waals surface area contributed by atoms with Gasteiger partial charge in [-0.1, -0.05) is 31.9 Å². The first kappa shape index (κ1) is 19.8. The number of hydrogen-bond acceptors (Lipinski definition) is 5. The van der Waals surface area contributed by atoms with E-state index in [-0.39, 0.29) is 10.7 Å². The van der Waals surface area contributed by atoms with Crippen LogP contribution in [0.1, 0.15) is 49.9 Å². The summed E-state index contributed by atoms with van der Waals surface area (Å²) in [6.45, 7) is 5.09. The van der Waals surface area contributed by atoms with Crippen LogP contribution in [-0.2, 0) is 5.54 Å². The molecule has 7 nitrogen and oxygen atoms in total. The molecule has 0 bridgehead atoms. The van der Waals surface area contributed by atoms with Gasteiger partial charge in [0.1, 0.15) is 17.9 Å². The predicted molar refractivity (Wildman–Crippen MR) is 108 cm³/mol. The number of pyridine rings is 2. The van der Waals surface area contributed by atoms with Crippen molar-refractivity contribution in [2.24, 2.45) is 5.92 Å². The number of hydrogen-bond donors (Lipinski definition) is 1. The Kier molecular flexibility index (Phi) is 5.02. The van der Waals surface area contributed by atoms with Crippen LogP contribution in [-0.4, -0.2) is 33.8 Å². The highest BCUT2D eigenvalue weighted by Gasteiger charge is 2.47. The van der Waals surface area contributed by atoms with Gasteiger partial charge in [0.2, 0.25) is 0 Å². The molecule has 154 valence electrons. The fraction of sp³-hybridized carbons (Fsp3) is 0.476. The van der Waals surface area contributed by atoms with Gasteiger partial charge in [-0.25, -0.2) is 9.78 Å². The van der Waals surface area contributed by atoms with Gasteiger partial charge in [-0.05, 0) is 25.2 Å². The van der Waals surface area contributed by atoms with Crippen molar-refractivity contribution in [3.05, 3.63) is 39.3 Å². The summed E-state index contributed by atoms with van der Waals surface area (Å²) in [6.07, 6.45) is 4.96. The van der Waals surface area contributed by atoms with E-state index in [0.717, 1.165) is 25.7 Å². The van der Waals surface area contributed by atoms with Gasteiger partial charge in [-0.2, -0.15) is 0 Å². The molecule has 2 aromatic heterocycles. The summed E-state index contributed by atoms with van der Waals surface area (Å²) in [5.74, 6) is 0.148. The molecule has 0 saturated heterocycles. The molecule has 0 unspecified atom stereocenters. The lowest BCUT2D eigenvalue weighted by atomic mass is 9.69. The minimum Gasteiger partial charge on any atom is -0.490 e. The monoisotopic (exact) mass is 418 g/mol. The van der Waals surface area contributed by atoms with Gasteiger partial charge in [0.15, 0.2) is 22.1 Å². The standard InChI is InChI=1S/C21H23ClN2O5/c1-3-4-5-28-17-7-16-18(23-19(17)22)14-6-15(25)13(20(26)27)10-24(14)21(11-29-16)8-12(2)9-21/h6-7,10,12H,3-5,8-9,11H2,1-2H3,(H,26,27). The maximum Gasteiger partial charge on any atom is 0.341 e. The van der Waals surface area contributed by atoms with E-state index >= 15 is 0 Å². The lowest BCUT2D eigenvalue weighted by Gasteiger charge is -2.47. The molecular weight excluding hydrogens is 396 g/mol. The Morgan fingerprint density at radius 2 is 2.21 bits per heavy atom. The van der Waals surface area contributed by atoms with E-state index in [9.17, 15) is 14.7 Å². The SMILES string of the molecule is CCCCOc1cc2c(nc1Cl)-c1cc(=O)c(C(=O)O)cn1C1(CO2)CC(C)C1. The Morgan fingerprint density at radius 3 is 2.86 bits per heavy atom. The van der Waals surface area contributed by atoms with Gasteiger partial charge < -0.3 is 19.1 Å². The van der Waals surface area contributed by atoms with Gasteiger partial charge >= 0.3 is 5.97 Å². The van der Waals surface area contributed by atoms with Gasteiger partial charge in [0, 0.05) is 18.3 Å². The van der Waals surface area contributed by atoms with E-state index in [0.29, 0.717) is 42.0 Å². The third-order valence-corrected chi connectivity index (χ3v) is 5.92. The first-order valence-corrected chi connectivity index (χ1v) is 10.2. The first-order valence-electron chi connectivity index (χ1n) is 9.81. The second kappa shape index (κ2) is 7.37. The maximum absolute atomic E-state index is 12.4. The smallest absolute Gasteiger partial charge is 0.341 e. The number of halogens is 1.